The van der Waals surface area contributed by atoms with Gasteiger partial charge in [0.15, 0.2) is 5.69 Å². The van der Waals surface area contributed by atoms with Crippen LogP contribution in [0, 0.1) is 0 Å². The van der Waals surface area contributed by atoms with E-state index in [4.69, 9.17) is 0 Å². The lowest BCUT2D eigenvalue weighted by atomic mass is 9.92. The lowest BCUT2D eigenvalue weighted by molar-refractivity contribution is -0.141. The fourth-order valence-electron chi connectivity index (χ4n) is 2.72. The van der Waals surface area contributed by atoms with Gasteiger partial charge in [-0.25, -0.2) is 9.78 Å². The Bertz CT molecular complexity index is 794. The number of imidazole rings is 1. The molecule has 0 spiro atoms. The number of alkyl halides is 3. The van der Waals surface area contributed by atoms with Gasteiger partial charge in [0.05, 0.1) is 12.7 Å². The number of fused-ring (bicyclic) bond motifs is 3. The average molecular weight is 326 g/mol. The average Bonchev–Trinajstić information content (AvgIpc) is 2.92. The minimum Gasteiger partial charge on any atom is -0.465 e. The number of rotatable bonds is 1. The molecule has 1 atom stereocenters. The van der Waals surface area contributed by atoms with E-state index in [1.54, 1.807) is 0 Å². The van der Waals surface area contributed by atoms with Crippen molar-refractivity contribution in [1.29, 1.82) is 0 Å². The van der Waals surface area contributed by atoms with Crippen LogP contribution in [0.15, 0.2) is 24.4 Å². The van der Waals surface area contributed by atoms with Gasteiger partial charge >= 0.3 is 12.1 Å². The van der Waals surface area contributed by atoms with E-state index in [0.29, 0.717) is 11.1 Å². The number of benzene rings is 1. The zero-order valence-electron chi connectivity index (χ0n) is 12.3. The first-order chi connectivity index (χ1) is 10.6. The number of halogens is 3. The molecule has 3 rings (SSSR count). The van der Waals surface area contributed by atoms with Crippen LogP contribution in [-0.4, -0.2) is 27.7 Å². The first kappa shape index (κ1) is 15.5. The summed E-state index contributed by atoms with van der Waals surface area (Å²) in [7, 11) is 1.24. The van der Waals surface area contributed by atoms with Crippen molar-refractivity contribution in [2.75, 3.05) is 7.11 Å². The van der Waals surface area contributed by atoms with Crippen LogP contribution in [0.4, 0.5) is 13.2 Å². The maximum Gasteiger partial charge on any atom is 0.434 e. The van der Waals surface area contributed by atoms with Crippen LogP contribution in [0.25, 0.3) is 11.4 Å². The molecule has 8 heteroatoms. The molecule has 0 saturated heterocycles. The third-order valence-electron chi connectivity index (χ3n) is 3.81. The molecule has 0 amide bonds. The van der Waals surface area contributed by atoms with E-state index in [9.17, 15) is 23.1 Å². The summed E-state index contributed by atoms with van der Waals surface area (Å²) in [5.41, 5.74) is -1.41. The number of hydrogen-bond acceptors (Lipinski definition) is 4. The van der Waals surface area contributed by atoms with Gasteiger partial charge < -0.3 is 14.4 Å². The molecule has 23 heavy (non-hydrogen) atoms. The number of aliphatic hydroxyl groups is 1. The minimum absolute atomic E-state index is 0.0139. The van der Waals surface area contributed by atoms with Crippen LogP contribution >= 0.6 is 0 Å². The summed E-state index contributed by atoms with van der Waals surface area (Å²) in [6.07, 6.45) is -3.76. The first-order valence-corrected chi connectivity index (χ1v) is 6.74. The van der Waals surface area contributed by atoms with Gasteiger partial charge in [-0.1, -0.05) is 6.07 Å². The van der Waals surface area contributed by atoms with Gasteiger partial charge in [-0.2, -0.15) is 13.2 Å². The van der Waals surface area contributed by atoms with E-state index < -0.39 is 23.6 Å². The molecule has 2 aromatic rings. The zero-order valence-corrected chi connectivity index (χ0v) is 12.3. The third-order valence-corrected chi connectivity index (χ3v) is 3.81. The largest absolute Gasteiger partial charge is 0.465 e. The van der Waals surface area contributed by atoms with E-state index in [0.717, 1.165) is 10.8 Å². The number of nitrogens with zero attached hydrogens (tertiary/aromatic N) is 2. The van der Waals surface area contributed by atoms with Gasteiger partial charge in [0, 0.05) is 18.2 Å². The Morgan fingerprint density at radius 1 is 1.43 bits per heavy atom. The SMILES string of the molecule is COC(=O)c1ccc2c(c1)CC(C)(O)n1cc(C(F)(F)F)nc1-2. The molecule has 1 unspecified atom stereocenters. The van der Waals surface area contributed by atoms with Gasteiger partial charge in [-0.15, -0.1) is 0 Å². The molecule has 122 valence electrons. The van der Waals surface area contributed by atoms with Gasteiger partial charge in [0.1, 0.15) is 11.5 Å². The summed E-state index contributed by atoms with van der Waals surface area (Å²) in [4.78, 5) is 15.2. The number of ether oxygens (including phenoxy) is 1. The monoisotopic (exact) mass is 326 g/mol. The van der Waals surface area contributed by atoms with Crippen molar-refractivity contribution in [3.05, 3.63) is 41.2 Å². The molecular weight excluding hydrogens is 313 g/mol. The number of methoxy groups -OCH3 is 1. The second-order valence-electron chi connectivity index (χ2n) is 5.57. The molecule has 1 aromatic heterocycles. The van der Waals surface area contributed by atoms with Crippen molar-refractivity contribution in [2.45, 2.75) is 25.2 Å². The lowest BCUT2D eigenvalue weighted by Gasteiger charge is -2.32. The van der Waals surface area contributed by atoms with Gasteiger partial charge in [-0.3, -0.25) is 0 Å². The standard InChI is InChI=1S/C15H13F3N2O3/c1-14(22)6-9-5-8(13(21)23-2)3-4-10(9)12-19-11(7-20(12)14)15(16,17)18/h3-5,7,22H,6H2,1-2H3. The Kier molecular flexibility index (Phi) is 3.26. The number of hydrogen-bond donors (Lipinski definition) is 1. The molecule has 0 bridgehead atoms. The molecule has 2 heterocycles. The highest BCUT2D eigenvalue weighted by Gasteiger charge is 2.40. The van der Waals surface area contributed by atoms with Crippen molar-refractivity contribution >= 4 is 5.97 Å². The fraction of sp³-hybridized carbons (Fsp3) is 0.333. The first-order valence-electron chi connectivity index (χ1n) is 6.74. The Labute approximate surface area is 129 Å². The molecule has 0 aliphatic carbocycles. The van der Waals surface area contributed by atoms with Crippen molar-refractivity contribution in [2.24, 2.45) is 0 Å². The van der Waals surface area contributed by atoms with Crippen molar-refractivity contribution in [1.82, 2.24) is 9.55 Å². The molecule has 1 N–H and O–H groups in total. The maximum absolute atomic E-state index is 12.9. The predicted octanol–water partition coefficient (Wildman–Crippen LogP) is 2.58. The second-order valence-corrected chi connectivity index (χ2v) is 5.57. The van der Waals surface area contributed by atoms with Crippen molar-refractivity contribution < 1.29 is 27.8 Å². The molecule has 1 aliphatic heterocycles. The predicted molar refractivity (Wildman–Crippen MR) is 73.6 cm³/mol. The highest BCUT2D eigenvalue weighted by atomic mass is 19.4. The Hall–Kier alpha value is -2.35. The van der Waals surface area contributed by atoms with E-state index in [1.165, 1.54) is 32.2 Å². The number of aromatic nitrogens is 2. The zero-order chi connectivity index (χ0) is 17.0. The highest BCUT2D eigenvalue weighted by molar-refractivity contribution is 5.90. The Morgan fingerprint density at radius 3 is 2.74 bits per heavy atom. The van der Waals surface area contributed by atoms with Gasteiger partial charge in [0.25, 0.3) is 0 Å². The van der Waals surface area contributed by atoms with E-state index >= 15 is 0 Å². The molecule has 0 radical (unpaired) electrons. The Morgan fingerprint density at radius 2 is 2.13 bits per heavy atom. The highest BCUT2D eigenvalue weighted by Crippen LogP contribution is 2.39. The fourth-order valence-corrected chi connectivity index (χ4v) is 2.72. The van der Waals surface area contributed by atoms with Crippen LogP contribution in [0.3, 0.4) is 0 Å². The van der Waals surface area contributed by atoms with Crippen LogP contribution in [0.5, 0.6) is 0 Å². The molecule has 5 nitrogen and oxygen atoms in total. The number of esters is 1. The summed E-state index contributed by atoms with van der Waals surface area (Å²) in [6.45, 7) is 1.39. The smallest absolute Gasteiger partial charge is 0.434 e. The normalized spacial score (nSPS) is 19.9. The van der Waals surface area contributed by atoms with Crippen molar-refractivity contribution in [3.63, 3.8) is 0 Å². The summed E-state index contributed by atoms with van der Waals surface area (Å²) < 4.78 is 44.4. The van der Waals surface area contributed by atoms with Crippen LogP contribution < -0.4 is 0 Å². The second kappa shape index (κ2) is 4.82. The minimum atomic E-state index is -4.60. The summed E-state index contributed by atoms with van der Waals surface area (Å²) >= 11 is 0. The molecule has 1 aliphatic rings. The maximum atomic E-state index is 12.9. The molecule has 0 saturated carbocycles. The molecule has 1 aromatic carbocycles. The van der Waals surface area contributed by atoms with E-state index in [-0.39, 0.29) is 17.8 Å². The van der Waals surface area contributed by atoms with Crippen molar-refractivity contribution in [3.8, 4) is 11.4 Å². The number of carbonyl (C=O) groups excluding carboxylic acids is 1. The van der Waals surface area contributed by atoms with Crippen LogP contribution in [0.1, 0.15) is 28.5 Å². The number of carbonyl (C=O) groups is 1. The Balaban J connectivity index is 2.18. The van der Waals surface area contributed by atoms with Gasteiger partial charge in [0.2, 0.25) is 0 Å². The third kappa shape index (κ3) is 2.48. The molecule has 0 fully saturated rings. The molecular formula is C15H13F3N2O3. The van der Waals surface area contributed by atoms with Gasteiger partial charge in [-0.05, 0) is 24.6 Å². The van der Waals surface area contributed by atoms with Crippen LogP contribution in [-0.2, 0) is 23.1 Å². The van der Waals surface area contributed by atoms with Crippen LogP contribution in [0.2, 0.25) is 0 Å². The van der Waals surface area contributed by atoms with E-state index in [2.05, 4.69) is 9.72 Å². The summed E-state index contributed by atoms with van der Waals surface area (Å²) in [5, 5.41) is 10.5. The summed E-state index contributed by atoms with van der Waals surface area (Å²) in [5.74, 6) is -0.544. The quantitative estimate of drug-likeness (QED) is 0.818. The lowest BCUT2D eigenvalue weighted by Crippen LogP contribution is -2.35. The van der Waals surface area contributed by atoms with E-state index in [1.807, 2.05) is 0 Å². The summed E-state index contributed by atoms with van der Waals surface area (Å²) in [6, 6.07) is 4.47. The topological polar surface area (TPSA) is 64.3 Å².